The summed E-state index contributed by atoms with van der Waals surface area (Å²) < 4.78 is 0. The molecule has 2 aromatic carbocycles. The Labute approximate surface area is 117 Å². The number of halogens is 1. The van der Waals surface area contributed by atoms with E-state index >= 15 is 0 Å². The van der Waals surface area contributed by atoms with Crippen molar-refractivity contribution in [1.82, 2.24) is 0 Å². The molecule has 0 fully saturated rings. The number of hydrogen-bond donors (Lipinski definition) is 1. The van der Waals surface area contributed by atoms with Crippen molar-refractivity contribution in [2.75, 3.05) is 17.7 Å². The molecule has 0 aliphatic heterocycles. The molecule has 0 unspecified atom stereocenters. The van der Waals surface area contributed by atoms with Crippen LogP contribution in [0.2, 0.25) is 5.02 Å². The summed E-state index contributed by atoms with van der Waals surface area (Å²) in [5, 5.41) is 9.72. The molecule has 0 atom stereocenters. The van der Waals surface area contributed by atoms with E-state index in [4.69, 9.17) is 22.6 Å². The third kappa shape index (κ3) is 2.81. The van der Waals surface area contributed by atoms with Gasteiger partial charge >= 0.3 is 0 Å². The average Bonchev–Trinajstić information content (AvgIpc) is 2.41. The minimum absolute atomic E-state index is 0.489. The minimum Gasteiger partial charge on any atom is -0.396 e. The van der Waals surface area contributed by atoms with E-state index in [1.54, 1.807) is 6.07 Å². The monoisotopic (exact) mass is 271 g/mol. The summed E-state index contributed by atoms with van der Waals surface area (Å²) in [6, 6.07) is 15.2. The van der Waals surface area contributed by atoms with Crippen LogP contribution in [0.25, 0.3) is 0 Å². The Morgan fingerprint density at radius 1 is 1.21 bits per heavy atom. The molecule has 0 radical (unpaired) electrons. The molecule has 0 spiro atoms. The van der Waals surface area contributed by atoms with Crippen LogP contribution in [0.1, 0.15) is 11.1 Å². The number of rotatable bonds is 3. The summed E-state index contributed by atoms with van der Waals surface area (Å²) in [6.45, 7) is 0.638. The summed E-state index contributed by atoms with van der Waals surface area (Å²) in [7, 11) is 1.93. The number of anilines is 2. The maximum absolute atomic E-state index is 8.99. The highest BCUT2D eigenvalue weighted by molar-refractivity contribution is 6.31. The molecule has 0 aliphatic carbocycles. The Bertz CT molecular complexity index is 632. The first-order valence-corrected chi connectivity index (χ1v) is 6.24. The lowest BCUT2D eigenvalue weighted by molar-refractivity contribution is 0.924. The van der Waals surface area contributed by atoms with Crippen molar-refractivity contribution in [2.45, 2.75) is 6.54 Å². The largest absolute Gasteiger partial charge is 0.396 e. The van der Waals surface area contributed by atoms with E-state index in [-0.39, 0.29) is 0 Å². The Morgan fingerprint density at radius 2 is 1.95 bits per heavy atom. The number of nitriles is 1. The predicted molar refractivity (Wildman–Crippen MR) is 79.1 cm³/mol. The van der Waals surface area contributed by atoms with Crippen LogP contribution in [0.4, 0.5) is 11.4 Å². The molecule has 96 valence electrons. The lowest BCUT2D eigenvalue weighted by atomic mass is 10.1. The zero-order valence-corrected chi connectivity index (χ0v) is 11.4. The molecule has 0 aliphatic rings. The molecule has 0 amide bonds. The van der Waals surface area contributed by atoms with Gasteiger partial charge in [-0.25, -0.2) is 0 Å². The SMILES string of the molecule is CN(Cc1ccccc1Cl)c1cccc(C#N)c1N. The second-order valence-electron chi connectivity index (χ2n) is 4.30. The number of hydrogen-bond acceptors (Lipinski definition) is 3. The van der Waals surface area contributed by atoms with Crippen LogP contribution in [0, 0.1) is 11.3 Å². The average molecular weight is 272 g/mol. The van der Waals surface area contributed by atoms with Crippen molar-refractivity contribution in [3.63, 3.8) is 0 Å². The van der Waals surface area contributed by atoms with E-state index in [0.29, 0.717) is 17.8 Å². The van der Waals surface area contributed by atoms with Gasteiger partial charge in [0.05, 0.1) is 16.9 Å². The van der Waals surface area contributed by atoms with Crippen molar-refractivity contribution < 1.29 is 0 Å². The zero-order valence-electron chi connectivity index (χ0n) is 10.6. The molecule has 3 nitrogen and oxygen atoms in total. The number of nitrogens with zero attached hydrogens (tertiary/aromatic N) is 2. The van der Waals surface area contributed by atoms with Crippen molar-refractivity contribution in [3.05, 3.63) is 58.6 Å². The Kier molecular flexibility index (Phi) is 3.94. The molecule has 19 heavy (non-hydrogen) atoms. The second kappa shape index (κ2) is 5.64. The van der Waals surface area contributed by atoms with Gasteiger partial charge in [-0.15, -0.1) is 0 Å². The molecule has 0 aromatic heterocycles. The van der Waals surface area contributed by atoms with Crippen molar-refractivity contribution >= 4 is 23.0 Å². The van der Waals surface area contributed by atoms with Crippen LogP contribution in [0.15, 0.2) is 42.5 Å². The summed E-state index contributed by atoms with van der Waals surface area (Å²) in [4.78, 5) is 1.98. The molecular weight excluding hydrogens is 258 g/mol. The van der Waals surface area contributed by atoms with E-state index < -0.39 is 0 Å². The van der Waals surface area contributed by atoms with E-state index in [1.807, 2.05) is 48.3 Å². The molecule has 0 saturated heterocycles. The van der Waals surface area contributed by atoms with Crippen molar-refractivity contribution in [3.8, 4) is 6.07 Å². The summed E-state index contributed by atoms with van der Waals surface area (Å²) in [5.41, 5.74) is 8.83. The normalized spacial score (nSPS) is 9.95. The first kappa shape index (κ1) is 13.3. The third-order valence-corrected chi connectivity index (χ3v) is 3.35. The lowest BCUT2D eigenvalue weighted by Crippen LogP contribution is -2.18. The van der Waals surface area contributed by atoms with Crippen LogP contribution in [0.3, 0.4) is 0 Å². The molecular formula is C15H14ClN3. The number of nitrogens with two attached hydrogens (primary N) is 1. The maximum atomic E-state index is 8.99. The third-order valence-electron chi connectivity index (χ3n) is 2.98. The smallest absolute Gasteiger partial charge is 0.101 e. The fraction of sp³-hybridized carbons (Fsp3) is 0.133. The van der Waals surface area contributed by atoms with Crippen molar-refractivity contribution in [2.24, 2.45) is 0 Å². The van der Waals surface area contributed by atoms with Gasteiger partial charge in [-0.05, 0) is 23.8 Å². The summed E-state index contributed by atoms with van der Waals surface area (Å²) in [5.74, 6) is 0. The topological polar surface area (TPSA) is 53.0 Å². The van der Waals surface area contributed by atoms with Crippen LogP contribution < -0.4 is 10.6 Å². The van der Waals surface area contributed by atoms with Gasteiger partial charge in [0.1, 0.15) is 6.07 Å². The molecule has 0 bridgehead atoms. The van der Waals surface area contributed by atoms with E-state index in [2.05, 4.69) is 6.07 Å². The van der Waals surface area contributed by atoms with Gasteiger partial charge in [0.15, 0.2) is 0 Å². The highest BCUT2D eigenvalue weighted by Gasteiger charge is 2.10. The summed E-state index contributed by atoms with van der Waals surface area (Å²) in [6.07, 6.45) is 0. The maximum Gasteiger partial charge on any atom is 0.101 e. The Morgan fingerprint density at radius 3 is 2.63 bits per heavy atom. The van der Waals surface area contributed by atoms with Crippen LogP contribution in [-0.4, -0.2) is 7.05 Å². The Hall–Kier alpha value is -2.18. The summed E-state index contributed by atoms with van der Waals surface area (Å²) >= 11 is 6.14. The number of para-hydroxylation sites is 1. The fourth-order valence-electron chi connectivity index (χ4n) is 1.95. The van der Waals surface area contributed by atoms with Gasteiger partial charge in [-0.1, -0.05) is 35.9 Å². The molecule has 0 heterocycles. The van der Waals surface area contributed by atoms with Crippen molar-refractivity contribution in [1.29, 1.82) is 5.26 Å². The second-order valence-corrected chi connectivity index (χ2v) is 4.70. The van der Waals surface area contributed by atoms with E-state index in [9.17, 15) is 0 Å². The predicted octanol–water partition coefficient (Wildman–Crippen LogP) is 3.43. The first-order chi connectivity index (χ1) is 9.13. The van der Waals surface area contributed by atoms with Gasteiger partial charge in [0.25, 0.3) is 0 Å². The molecule has 2 N–H and O–H groups in total. The quantitative estimate of drug-likeness (QED) is 0.870. The van der Waals surface area contributed by atoms with E-state index in [1.165, 1.54) is 0 Å². The van der Waals surface area contributed by atoms with Gasteiger partial charge in [-0.2, -0.15) is 5.26 Å². The Balaban J connectivity index is 2.29. The van der Waals surface area contributed by atoms with Crippen LogP contribution >= 0.6 is 11.6 Å². The zero-order chi connectivity index (χ0) is 13.8. The lowest BCUT2D eigenvalue weighted by Gasteiger charge is -2.22. The molecule has 0 saturated carbocycles. The highest BCUT2D eigenvalue weighted by atomic mass is 35.5. The van der Waals surface area contributed by atoms with Crippen LogP contribution in [0.5, 0.6) is 0 Å². The highest BCUT2D eigenvalue weighted by Crippen LogP contribution is 2.27. The molecule has 2 rings (SSSR count). The minimum atomic E-state index is 0.489. The van der Waals surface area contributed by atoms with E-state index in [0.717, 1.165) is 16.3 Å². The van der Waals surface area contributed by atoms with Gasteiger partial charge in [0.2, 0.25) is 0 Å². The molecule has 4 heteroatoms. The van der Waals surface area contributed by atoms with Gasteiger partial charge in [-0.3, -0.25) is 0 Å². The first-order valence-electron chi connectivity index (χ1n) is 5.86. The number of benzene rings is 2. The van der Waals surface area contributed by atoms with Crippen LogP contribution in [-0.2, 0) is 6.54 Å². The molecule has 2 aromatic rings. The fourth-order valence-corrected chi connectivity index (χ4v) is 2.15. The standard InChI is InChI=1S/C15H14ClN3/c1-19(10-12-5-2-3-7-13(12)16)14-8-4-6-11(9-17)15(14)18/h2-8H,10,18H2,1H3. The van der Waals surface area contributed by atoms with Gasteiger partial charge in [0, 0.05) is 18.6 Å². The number of nitrogen functional groups attached to an aromatic ring is 1. The van der Waals surface area contributed by atoms with Gasteiger partial charge < -0.3 is 10.6 Å².